The number of benzene rings is 1. The number of aromatic nitrogens is 2. The molecule has 4 nitrogen and oxygen atoms in total. The molecular weight excluding hydrogens is 221 g/mol. The van der Waals surface area contributed by atoms with Crippen molar-refractivity contribution < 1.29 is 4.39 Å². The first-order valence-electron chi connectivity index (χ1n) is 5.52. The van der Waals surface area contributed by atoms with Crippen LogP contribution >= 0.6 is 0 Å². The summed E-state index contributed by atoms with van der Waals surface area (Å²) < 4.78 is 14.5. The second-order valence-corrected chi connectivity index (χ2v) is 4.27. The number of nitrogens with one attached hydrogen (secondary N) is 1. The molecule has 0 amide bonds. The van der Waals surface area contributed by atoms with E-state index in [9.17, 15) is 9.18 Å². The summed E-state index contributed by atoms with van der Waals surface area (Å²) in [5.41, 5.74) is 7.75. The summed E-state index contributed by atoms with van der Waals surface area (Å²) in [4.78, 5) is 12.1. The highest BCUT2D eigenvalue weighted by molar-refractivity contribution is 5.35. The molecule has 3 rings (SSSR count). The molecular formula is C12H12FN3O. The van der Waals surface area contributed by atoms with Gasteiger partial charge in [-0.25, -0.2) is 9.07 Å². The van der Waals surface area contributed by atoms with Gasteiger partial charge in [-0.3, -0.25) is 9.89 Å². The molecule has 0 aliphatic heterocycles. The number of H-pyrrole nitrogens is 1. The van der Waals surface area contributed by atoms with Crippen LogP contribution in [0.2, 0.25) is 0 Å². The highest BCUT2D eigenvalue weighted by atomic mass is 19.1. The van der Waals surface area contributed by atoms with Crippen molar-refractivity contribution in [2.75, 3.05) is 0 Å². The standard InChI is InChI=1S/C12H12FN3O/c13-7-2-1-3-8(6-7)16-12(17)9-4-5-10(14)11(9)15-16/h1-3,6,10,15H,4-5,14H2. The molecule has 1 aliphatic carbocycles. The molecule has 0 radical (unpaired) electrons. The monoisotopic (exact) mass is 233 g/mol. The van der Waals surface area contributed by atoms with Crippen molar-refractivity contribution in [1.29, 1.82) is 0 Å². The summed E-state index contributed by atoms with van der Waals surface area (Å²) in [5, 5.41) is 2.97. The molecule has 5 heteroatoms. The molecule has 0 fully saturated rings. The van der Waals surface area contributed by atoms with Crippen molar-refractivity contribution in [1.82, 2.24) is 9.78 Å². The fourth-order valence-corrected chi connectivity index (χ4v) is 2.28. The van der Waals surface area contributed by atoms with Gasteiger partial charge in [0.1, 0.15) is 5.82 Å². The first kappa shape index (κ1) is 10.3. The van der Waals surface area contributed by atoms with Gasteiger partial charge in [-0.2, -0.15) is 0 Å². The average molecular weight is 233 g/mol. The number of aromatic amines is 1. The molecule has 1 aliphatic rings. The Balaban J connectivity index is 2.17. The van der Waals surface area contributed by atoms with Crippen molar-refractivity contribution in [2.45, 2.75) is 18.9 Å². The van der Waals surface area contributed by atoms with E-state index in [2.05, 4.69) is 5.10 Å². The lowest BCUT2D eigenvalue weighted by Gasteiger charge is -2.04. The summed E-state index contributed by atoms with van der Waals surface area (Å²) >= 11 is 0. The molecule has 1 atom stereocenters. The van der Waals surface area contributed by atoms with Crippen LogP contribution in [0.15, 0.2) is 29.1 Å². The van der Waals surface area contributed by atoms with Gasteiger partial charge in [0.15, 0.2) is 0 Å². The second kappa shape index (κ2) is 3.56. The maximum Gasteiger partial charge on any atom is 0.274 e. The Morgan fingerprint density at radius 3 is 3.00 bits per heavy atom. The fourth-order valence-electron chi connectivity index (χ4n) is 2.28. The first-order chi connectivity index (χ1) is 8.16. The van der Waals surface area contributed by atoms with Crippen LogP contribution in [-0.2, 0) is 6.42 Å². The summed E-state index contributed by atoms with van der Waals surface area (Å²) in [6.07, 6.45) is 1.48. The Hall–Kier alpha value is -1.88. The molecule has 0 saturated carbocycles. The van der Waals surface area contributed by atoms with Crippen molar-refractivity contribution >= 4 is 0 Å². The predicted octanol–water partition coefficient (Wildman–Crippen LogP) is 1.25. The number of hydrogen-bond acceptors (Lipinski definition) is 2. The smallest absolute Gasteiger partial charge is 0.274 e. The van der Waals surface area contributed by atoms with Crippen LogP contribution in [0.3, 0.4) is 0 Å². The highest BCUT2D eigenvalue weighted by Crippen LogP contribution is 2.25. The molecule has 88 valence electrons. The van der Waals surface area contributed by atoms with Crippen molar-refractivity contribution in [3.8, 4) is 5.69 Å². The van der Waals surface area contributed by atoms with Crippen molar-refractivity contribution in [2.24, 2.45) is 5.73 Å². The van der Waals surface area contributed by atoms with Gasteiger partial charge >= 0.3 is 0 Å². The van der Waals surface area contributed by atoms with Gasteiger partial charge < -0.3 is 5.73 Å². The van der Waals surface area contributed by atoms with E-state index in [0.29, 0.717) is 12.1 Å². The van der Waals surface area contributed by atoms with Crippen LogP contribution < -0.4 is 11.3 Å². The van der Waals surface area contributed by atoms with Crippen LogP contribution in [0.1, 0.15) is 23.7 Å². The summed E-state index contributed by atoms with van der Waals surface area (Å²) in [7, 11) is 0. The van der Waals surface area contributed by atoms with Gasteiger partial charge in [0.05, 0.1) is 11.4 Å². The van der Waals surface area contributed by atoms with E-state index in [4.69, 9.17) is 5.73 Å². The molecule has 17 heavy (non-hydrogen) atoms. The van der Waals surface area contributed by atoms with Crippen LogP contribution in [0.5, 0.6) is 0 Å². The number of halogens is 1. The van der Waals surface area contributed by atoms with Gasteiger partial charge in [0.2, 0.25) is 0 Å². The van der Waals surface area contributed by atoms with E-state index in [0.717, 1.165) is 17.7 Å². The molecule has 2 aromatic rings. The maximum atomic E-state index is 13.1. The third-order valence-electron chi connectivity index (χ3n) is 3.16. The molecule has 1 heterocycles. The zero-order valence-electron chi connectivity index (χ0n) is 9.11. The Kier molecular flexibility index (Phi) is 2.16. The third kappa shape index (κ3) is 1.51. The van der Waals surface area contributed by atoms with E-state index >= 15 is 0 Å². The molecule has 1 aromatic carbocycles. The quantitative estimate of drug-likeness (QED) is 0.778. The average Bonchev–Trinajstić information content (AvgIpc) is 2.82. The van der Waals surface area contributed by atoms with E-state index in [-0.39, 0.29) is 17.4 Å². The highest BCUT2D eigenvalue weighted by Gasteiger charge is 2.26. The molecule has 1 unspecified atom stereocenters. The lowest BCUT2D eigenvalue weighted by Crippen LogP contribution is -2.17. The Labute approximate surface area is 96.9 Å². The molecule has 0 bridgehead atoms. The maximum absolute atomic E-state index is 13.1. The van der Waals surface area contributed by atoms with Gasteiger partial charge in [0, 0.05) is 11.6 Å². The number of rotatable bonds is 1. The number of nitrogens with two attached hydrogens (primary N) is 1. The van der Waals surface area contributed by atoms with Gasteiger partial charge in [0.25, 0.3) is 5.56 Å². The normalized spacial score (nSPS) is 18.4. The van der Waals surface area contributed by atoms with Crippen molar-refractivity contribution in [3.05, 3.63) is 51.7 Å². The Morgan fingerprint density at radius 2 is 2.29 bits per heavy atom. The van der Waals surface area contributed by atoms with E-state index in [1.807, 2.05) is 0 Å². The summed E-state index contributed by atoms with van der Waals surface area (Å²) in [6.45, 7) is 0. The topological polar surface area (TPSA) is 63.8 Å². The summed E-state index contributed by atoms with van der Waals surface area (Å²) in [6, 6.07) is 5.80. The van der Waals surface area contributed by atoms with Crippen LogP contribution in [-0.4, -0.2) is 9.78 Å². The van der Waals surface area contributed by atoms with Crippen LogP contribution in [0.25, 0.3) is 5.69 Å². The predicted molar refractivity (Wildman–Crippen MR) is 61.6 cm³/mol. The lowest BCUT2D eigenvalue weighted by molar-refractivity contribution is 0.622. The zero-order chi connectivity index (χ0) is 12.0. The number of hydrogen-bond donors (Lipinski definition) is 2. The lowest BCUT2D eigenvalue weighted by atomic mass is 10.3. The fraction of sp³-hybridized carbons (Fsp3) is 0.250. The van der Waals surface area contributed by atoms with E-state index in [1.54, 1.807) is 12.1 Å². The minimum Gasteiger partial charge on any atom is -0.323 e. The van der Waals surface area contributed by atoms with Crippen molar-refractivity contribution in [3.63, 3.8) is 0 Å². The van der Waals surface area contributed by atoms with Crippen LogP contribution in [0.4, 0.5) is 4.39 Å². The minimum absolute atomic E-state index is 0.118. The molecule has 0 spiro atoms. The number of nitrogens with zero attached hydrogens (tertiary/aromatic N) is 1. The second-order valence-electron chi connectivity index (χ2n) is 4.27. The Bertz CT molecular complexity index is 629. The first-order valence-corrected chi connectivity index (χ1v) is 5.52. The Morgan fingerprint density at radius 1 is 1.47 bits per heavy atom. The number of fused-ring (bicyclic) bond motifs is 1. The summed E-state index contributed by atoms with van der Waals surface area (Å²) in [5.74, 6) is -0.367. The van der Waals surface area contributed by atoms with Crippen LogP contribution in [0, 0.1) is 5.82 Å². The minimum atomic E-state index is -0.367. The van der Waals surface area contributed by atoms with E-state index in [1.165, 1.54) is 16.8 Å². The molecule has 1 aromatic heterocycles. The zero-order valence-corrected chi connectivity index (χ0v) is 9.11. The van der Waals surface area contributed by atoms with E-state index < -0.39 is 0 Å². The van der Waals surface area contributed by atoms with Gasteiger partial charge in [-0.05, 0) is 31.0 Å². The van der Waals surface area contributed by atoms with Gasteiger partial charge in [-0.15, -0.1) is 0 Å². The molecule has 3 N–H and O–H groups in total. The molecule has 0 saturated heterocycles. The van der Waals surface area contributed by atoms with Gasteiger partial charge in [-0.1, -0.05) is 6.07 Å². The SMILES string of the molecule is NC1CCc2c1[nH]n(-c1cccc(F)c1)c2=O. The largest absolute Gasteiger partial charge is 0.323 e. The third-order valence-corrected chi connectivity index (χ3v) is 3.16.